The molecular formula is C62H95F2N10O16PS. The molecule has 5 atom stereocenters. The molecule has 4 rings (SSSR count). The molecule has 514 valence electrons. The average molecular weight is 1340 g/mol. The summed E-state index contributed by atoms with van der Waals surface area (Å²) < 4.78 is 59.5. The van der Waals surface area contributed by atoms with Gasteiger partial charge >= 0.3 is 28.4 Å². The Kier molecular flexibility index (Phi) is 40.8. The van der Waals surface area contributed by atoms with Crippen LogP contribution in [0.3, 0.4) is 0 Å². The fraction of sp³-hybridized carbons (Fsp3) is 0.597. The molecule has 2 heterocycles. The summed E-state index contributed by atoms with van der Waals surface area (Å²) in [6.45, 7) is 17.1. The first-order valence-electron chi connectivity index (χ1n) is 30.9. The Bertz CT molecular complexity index is 2970. The first kappa shape index (κ1) is 82.3. The molecule has 0 bridgehead atoms. The highest BCUT2D eigenvalue weighted by molar-refractivity contribution is 7.81. The molecule has 92 heavy (non-hydrogen) atoms. The maximum Gasteiger partial charge on any atom is 0.488 e. The lowest BCUT2D eigenvalue weighted by molar-refractivity contribution is -0.139. The molecule has 30 heteroatoms. The zero-order valence-electron chi connectivity index (χ0n) is 53.9. The summed E-state index contributed by atoms with van der Waals surface area (Å²) in [7, 11) is -3.26. The van der Waals surface area contributed by atoms with Crippen molar-refractivity contribution < 1.29 is 84.1 Å². The zero-order valence-corrected chi connectivity index (χ0v) is 55.9. The normalized spacial score (nSPS) is 14.7. The molecule has 1 aliphatic rings. The van der Waals surface area contributed by atoms with Crippen LogP contribution in [0.1, 0.15) is 148 Å². The summed E-state index contributed by atoms with van der Waals surface area (Å²) in [6.07, 6.45) is 8.50. The van der Waals surface area contributed by atoms with E-state index in [0.717, 1.165) is 76.0 Å². The molecule has 1 aromatic heterocycles. The monoisotopic (exact) mass is 1340 g/mol. The van der Waals surface area contributed by atoms with Crippen molar-refractivity contribution in [2.45, 2.75) is 156 Å². The Morgan fingerprint density at radius 2 is 1.42 bits per heavy atom. The number of alkyl halides is 1. The van der Waals surface area contributed by atoms with Gasteiger partial charge in [-0.15, -0.1) is 0 Å². The number of aryl methyl sites for hydroxylation is 1. The first-order chi connectivity index (χ1) is 43.5. The van der Waals surface area contributed by atoms with Crippen LogP contribution in [0.25, 0.3) is 10.9 Å². The number of pyridine rings is 1. The smallest absolute Gasteiger partial charge is 0.488 e. The number of fused-ring (bicyclic) bond motifs is 1. The molecule has 2 aromatic carbocycles. The second kappa shape index (κ2) is 45.6. The highest BCUT2D eigenvalue weighted by Crippen LogP contribution is 2.36. The SMILES string of the molecule is CCC(=O)O.CCC(C)CC(=O)O.CCCCCN(CCC)CC(=O)NCCNC(=O)CCC(NC(=O)CCc1cccc(OS(=O)(=O)F)c1)C(=O)NCCOc1ccc2nccc(C(=O)NCC(=O)N3CC(F)(P)CC3C#N)c2c1.CCCN(CCC)CC(=O)O. The summed E-state index contributed by atoms with van der Waals surface area (Å²) in [4.78, 5) is 117. The van der Waals surface area contributed by atoms with Gasteiger partial charge in [-0.2, -0.15) is 13.7 Å². The Morgan fingerprint density at radius 1 is 0.783 bits per heavy atom. The van der Waals surface area contributed by atoms with Gasteiger partial charge < -0.3 is 55.7 Å². The molecule has 8 N–H and O–H groups in total. The number of hydrogen-bond acceptors (Lipinski definition) is 17. The molecule has 5 unspecified atom stereocenters. The molecule has 1 fully saturated rings. The predicted octanol–water partition coefficient (Wildman–Crippen LogP) is 5.93. The summed E-state index contributed by atoms with van der Waals surface area (Å²) in [5.41, 5.74) is 1.05. The van der Waals surface area contributed by atoms with Gasteiger partial charge in [0, 0.05) is 56.8 Å². The maximum absolute atomic E-state index is 14.5. The van der Waals surface area contributed by atoms with Crippen LogP contribution in [0, 0.1) is 17.2 Å². The number of carbonyl (C=O) groups excluding carboxylic acids is 6. The van der Waals surface area contributed by atoms with E-state index in [1.807, 2.05) is 34.1 Å². The number of aromatic nitrogens is 1. The number of unbranched alkanes of at least 4 members (excludes halogenated alkanes) is 2. The van der Waals surface area contributed by atoms with Crippen LogP contribution in [0.2, 0.25) is 0 Å². The van der Waals surface area contributed by atoms with Gasteiger partial charge in [0.15, 0.2) is 0 Å². The number of carboxylic acids is 3. The minimum absolute atomic E-state index is 0.0488. The average Bonchev–Trinajstić information content (AvgIpc) is 1.32. The highest BCUT2D eigenvalue weighted by Gasteiger charge is 2.43. The number of amides is 6. The Morgan fingerprint density at radius 3 is 1.99 bits per heavy atom. The van der Waals surface area contributed by atoms with Crippen LogP contribution < -0.4 is 35.5 Å². The van der Waals surface area contributed by atoms with Crippen molar-refractivity contribution in [1.82, 2.24) is 46.3 Å². The van der Waals surface area contributed by atoms with E-state index in [2.05, 4.69) is 68.3 Å². The molecule has 26 nitrogen and oxygen atoms in total. The van der Waals surface area contributed by atoms with Gasteiger partial charge in [-0.25, -0.2) is 4.39 Å². The molecular weight excluding hydrogens is 1240 g/mol. The predicted molar refractivity (Wildman–Crippen MR) is 345 cm³/mol. The van der Waals surface area contributed by atoms with Crippen LogP contribution in [-0.2, 0) is 55.3 Å². The first-order valence-corrected chi connectivity index (χ1v) is 32.8. The van der Waals surface area contributed by atoms with Gasteiger partial charge in [0.1, 0.15) is 35.6 Å². The number of halogens is 2. The summed E-state index contributed by atoms with van der Waals surface area (Å²) in [5.74, 6) is -4.83. The van der Waals surface area contributed by atoms with Gasteiger partial charge in [0.25, 0.3) is 5.91 Å². The molecule has 1 aliphatic heterocycles. The van der Waals surface area contributed by atoms with Crippen molar-refractivity contribution in [3.05, 3.63) is 65.9 Å². The van der Waals surface area contributed by atoms with Crippen LogP contribution in [0.4, 0.5) is 8.28 Å². The van der Waals surface area contributed by atoms with Crippen LogP contribution in [-0.4, -0.2) is 193 Å². The Balaban J connectivity index is 0.00000148. The molecule has 6 amide bonds. The van der Waals surface area contributed by atoms with Gasteiger partial charge in [-0.3, -0.25) is 57.9 Å². The lowest BCUT2D eigenvalue weighted by atomic mass is 10.1. The fourth-order valence-corrected chi connectivity index (χ4v) is 9.65. The van der Waals surface area contributed by atoms with Crippen LogP contribution >= 0.6 is 9.24 Å². The molecule has 0 saturated carbocycles. The minimum Gasteiger partial charge on any atom is -0.492 e. The largest absolute Gasteiger partial charge is 0.492 e. The summed E-state index contributed by atoms with van der Waals surface area (Å²) in [6, 6.07) is 11.5. The van der Waals surface area contributed by atoms with E-state index < -0.39 is 82.0 Å². The standard InChI is InChI=1S/C45H60F2N9O10PS.C8H17NO2.C6H12O2.C3H6O2/c1-3-5-6-22-55(21-4-2)29-41(59)51-19-18-50-39(57)15-13-38(54-40(58)14-10-31-8-7-9-34(24-31)66-68(47,63)64)44(62)52-20-23-65-33-11-12-37-36(25-33)35(16-17-49-37)43(61)53-28-42(60)56-30-45(46,67)26-32(56)27-48;1-3-5-9(6-4-2)7-8(10)11;1-3-5(2)4-6(7)8;1-2-3(4)5/h7-9,11-12,16-17,24-25,32,38H,3-6,10,13-15,18-23,26,28-30,67H2,1-2H3,(H,50,57)(H,51,59)(H,52,62)(H,53,61)(H,54,58);3-7H2,1-2H3,(H,10,11);5H,3-4H2,1-2H3,(H,7,8);2H2,1H3,(H,4,5). The fourth-order valence-electron chi connectivity index (χ4n) is 8.89. The van der Waals surface area contributed by atoms with E-state index in [0.29, 0.717) is 34.6 Å². The number of hydrogen-bond donors (Lipinski definition) is 8. The second-order valence-corrected chi connectivity index (χ2v) is 23.7. The van der Waals surface area contributed by atoms with Gasteiger partial charge in [-0.05, 0) is 113 Å². The molecule has 0 spiro atoms. The summed E-state index contributed by atoms with van der Waals surface area (Å²) in [5, 5.41) is 45.8. The third kappa shape index (κ3) is 37.0. The number of carboxylic acid groups (broad SMARTS) is 3. The van der Waals surface area contributed by atoms with E-state index in [4.69, 9.17) is 20.1 Å². The van der Waals surface area contributed by atoms with E-state index in [1.165, 1.54) is 30.5 Å². The van der Waals surface area contributed by atoms with E-state index >= 15 is 0 Å². The van der Waals surface area contributed by atoms with Crippen LogP contribution in [0.5, 0.6) is 11.5 Å². The second-order valence-electron chi connectivity index (χ2n) is 21.8. The highest BCUT2D eigenvalue weighted by atomic mass is 32.3. The summed E-state index contributed by atoms with van der Waals surface area (Å²) >= 11 is 0. The van der Waals surface area contributed by atoms with Gasteiger partial charge in [-0.1, -0.05) is 93.0 Å². The molecule has 3 aromatic rings. The molecule has 1 saturated heterocycles. The number of nitriles is 1. The number of rotatable bonds is 38. The molecule has 0 radical (unpaired) electrons. The number of carbonyl (C=O) groups is 9. The third-order valence-corrected chi connectivity index (χ3v) is 14.4. The zero-order chi connectivity index (χ0) is 69.2. The lowest BCUT2D eigenvalue weighted by Crippen LogP contribution is -2.48. The number of aliphatic carboxylic acids is 3. The molecule has 0 aliphatic carbocycles. The lowest BCUT2D eigenvalue weighted by Gasteiger charge is -2.21. The number of benzene rings is 2. The Labute approximate surface area is 541 Å². The van der Waals surface area contributed by atoms with Crippen molar-refractivity contribution in [2.24, 2.45) is 5.92 Å². The van der Waals surface area contributed by atoms with Crippen molar-refractivity contribution in [1.29, 1.82) is 5.26 Å². The number of nitrogens with zero attached hydrogens (tertiary/aromatic N) is 5. The van der Waals surface area contributed by atoms with Crippen LogP contribution in [0.15, 0.2) is 54.7 Å². The van der Waals surface area contributed by atoms with Crippen molar-refractivity contribution in [3.63, 3.8) is 0 Å². The number of likely N-dealkylation sites (tertiary alicyclic amines) is 1. The number of ether oxygens (including phenoxy) is 1. The van der Waals surface area contributed by atoms with E-state index in [-0.39, 0.29) is 102 Å². The number of nitrogens with one attached hydrogen (secondary N) is 5. The topological polar surface area (TPSA) is 373 Å². The van der Waals surface area contributed by atoms with Crippen molar-refractivity contribution in [3.8, 4) is 17.6 Å². The quantitative estimate of drug-likeness (QED) is 0.0187. The van der Waals surface area contributed by atoms with Crippen molar-refractivity contribution >= 4 is 84.0 Å². The van der Waals surface area contributed by atoms with Gasteiger partial charge in [0.05, 0.1) is 49.9 Å². The van der Waals surface area contributed by atoms with E-state index in [1.54, 1.807) is 31.2 Å². The van der Waals surface area contributed by atoms with E-state index in [9.17, 15) is 65.1 Å². The maximum atomic E-state index is 14.5. The van der Waals surface area contributed by atoms with Crippen molar-refractivity contribution in [2.75, 3.05) is 78.6 Å². The minimum atomic E-state index is -5.27. The Hall–Kier alpha value is -7.67. The third-order valence-electron chi connectivity index (χ3n) is 13.6. The van der Waals surface area contributed by atoms with Gasteiger partial charge in [0.2, 0.25) is 29.5 Å².